The summed E-state index contributed by atoms with van der Waals surface area (Å²) in [5.41, 5.74) is 11.3. The van der Waals surface area contributed by atoms with E-state index in [1.54, 1.807) is 24.4 Å². The third kappa shape index (κ3) is 3.13. The van der Waals surface area contributed by atoms with Crippen molar-refractivity contribution in [2.45, 2.75) is 0 Å². The lowest BCUT2D eigenvalue weighted by atomic mass is 10.1. The molecule has 1 amide bonds. The van der Waals surface area contributed by atoms with Crippen LogP contribution in [0, 0.1) is 0 Å². The van der Waals surface area contributed by atoms with E-state index in [2.05, 4.69) is 33.1 Å². The summed E-state index contributed by atoms with van der Waals surface area (Å²) in [5.74, 6) is -0.457. The van der Waals surface area contributed by atoms with Crippen molar-refractivity contribution in [3.63, 3.8) is 0 Å². The summed E-state index contributed by atoms with van der Waals surface area (Å²) in [6, 6.07) is 15.4. The van der Waals surface area contributed by atoms with Crippen LogP contribution >= 0.6 is 0 Å². The molecular formula is C21H19N5O. The number of carbonyl (C=O) groups excluding carboxylic acids is 1. The molecule has 0 radical (unpaired) electrons. The molecule has 0 saturated carbocycles. The average molecular weight is 357 g/mol. The Balaban J connectivity index is 1.84. The minimum Gasteiger partial charge on any atom is -0.378 e. The van der Waals surface area contributed by atoms with E-state index in [0.29, 0.717) is 5.56 Å². The number of anilines is 1. The molecule has 4 rings (SSSR count). The van der Waals surface area contributed by atoms with Crippen molar-refractivity contribution in [1.29, 1.82) is 0 Å². The molecule has 134 valence electrons. The fourth-order valence-electron chi connectivity index (χ4n) is 3.03. The highest BCUT2D eigenvalue weighted by Gasteiger charge is 2.10. The van der Waals surface area contributed by atoms with Crippen molar-refractivity contribution >= 4 is 17.2 Å². The van der Waals surface area contributed by atoms with Crippen molar-refractivity contribution in [1.82, 2.24) is 14.4 Å². The Hall–Kier alpha value is -3.67. The normalized spacial score (nSPS) is 10.9. The van der Waals surface area contributed by atoms with E-state index in [-0.39, 0.29) is 0 Å². The number of hydrogen-bond donors (Lipinski definition) is 1. The van der Waals surface area contributed by atoms with E-state index in [4.69, 9.17) is 5.73 Å². The molecule has 2 aromatic heterocycles. The van der Waals surface area contributed by atoms with Gasteiger partial charge >= 0.3 is 0 Å². The van der Waals surface area contributed by atoms with Crippen LogP contribution in [0.4, 0.5) is 5.69 Å². The molecule has 6 nitrogen and oxygen atoms in total. The second kappa shape index (κ2) is 6.57. The summed E-state index contributed by atoms with van der Waals surface area (Å²) < 4.78 is 2.01. The van der Waals surface area contributed by atoms with Crippen LogP contribution in [0.5, 0.6) is 0 Å². The topological polar surface area (TPSA) is 76.5 Å². The minimum atomic E-state index is -0.457. The predicted octanol–water partition coefficient (Wildman–Crippen LogP) is 3.23. The first kappa shape index (κ1) is 16.8. The Kier molecular flexibility index (Phi) is 4.08. The molecule has 0 saturated heterocycles. The molecule has 0 unspecified atom stereocenters. The lowest BCUT2D eigenvalue weighted by molar-refractivity contribution is 0.100. The monoisotopic (exact) mass is 357 g/mol. The van der Waals surface area contributed by atoms with E-state index in [9.17, 15) is 4.79 Å². The molecule has 0 aliphatic carbocycles. The molecule has 4 aromatic rings. The maximum atomic E-state index is 11.5. The number of benzene rings is 2. The highest BCUT2D eigenvalue weighted by atomic mass is 16.1. The predicted molar refractivity (Wildman–Crippen MR) is 107 cm³/mol. The molecular weight excluding hydrogens is 338 g/mol. The smallest absolute Gasteiger partial charge is 0.248 e. The van der Waals surface area contributed by atoms with Gasteiger partial charge in [0, 0.05) is 42.7 Å². The zero-order chi connectivity index (χ0) is 19.0. The number of amides is 1. The van der Waals surface area contributed by atoms with Gasteiger partial charge in [0.2, 0.25) is 5.91 Å². The van der Waals surface area contributed by atoms with E-state index in [1.807, 2.05) is 43.0 Å². The van der Waals surface area contributed by atoms with Gasteiger partial charge in [-0.05, 0) is 24.3 Å². The zero-order valence-corrected chi connectivity index (χ0v) is 15.1. The quantitative estimate of drug-likeness (QED) is 0.608. The Morgan fingerprint density at radius 3 is 2.56 bits per heavy atom. The van der Waals surface area contributed by atoms with Crippen LogP contribution in [-0.2, 0) is 0 Å². The van der Waals surface area contributed by atoms with Gasteiger partial charge in [-0.25, -0.2) is 4.98 Å². The number of nitrogens with two attached hydrogens (primary N) is 1. The summed E-state index contributed by atoms with van der Waals surface area (Å²) >= 11 is 0. The molecule has 0 spiro atoms. The molecule has 0 bridgehead atoms. The highest BCUT2D eigenvalue weighted by molar-refractivity contribution is 5.94. The first-order valence-corrected chi connectivity index (χ1v) is 8.54. The third-order valence-electron chi connectivity index (χ3n) is 4.50. The number of aromatic nitrogens is 3. The maximum absolute atomic E-state index is 11.5. The van der Waals surface area contributed by atoms with Crippen molar-refractivity contribution in [2.75, 3.05) is 19.0 Å². The Labute approximate surface area is 156 Å². The molecule has 0 aliphatic heterocycles. The van der Waals surface area contributed by atoms with Crippen molar-refractivity contribution in [2.24, 2.45) is 5.73 Å². The first-order valence-electron chi connectivity index (χ1n) is 8.54. The number of primary amides is 1. The number of hydrogen-bond acceptors (Lipinski definition) is 4. The van der Waals surface area contributed by atoms with Crippen molar-refractivity contribution in [3.8, 4) is 22.5 Å². The number of fused-ring (bicyclic) bond motifs is 1. The van der Waals surface area contributed by atoms with Crippen LogP contribution in [0.1, 0.15) is 10.4 Å². The van der Waals surface area contributed by atoms with Gasteiger partial charge in [0.1, 0.15) is 0 Å². The summed E-state index contributed by atoms with van der Waals surface area (Å²) in [4.78, 5) is 22.5. The van der Waals surface area contributed by atoms with E-state index in [1.165, 1.54) is 0 Å². The van der Waals surface area contributed by atoms with Crippen LogP contribution in [0.2, 0.25) is 0 Å². The van der Waals surface area contributed by atoms with Gasteiger partial charge in [-0.3, -0.25) is 14.2 Å². The van der Waals surface area contributed by atoms with Crippen LogP contribution in [-0.4, -0.2) is 34.4 Å². The van der Waals surface area contributed by atoms with Gasteiger partial charge in [-0.2, -0.15) is 0 Å². The fraction of sp³-hybridized carbons (Fsp3) is 0.0952. The summed E-state index contributed by atoms with van der Waals surface area (Å²) in [6.07, 6.45) is 5.50. The molecule has 2 N–H and O–H groups in total. The number of rotatable bonds is 4. The van der Waals surface area contributed by atoms with Crippen LogP contribution < -0.4 is 10.6 Å². The summed E-state index contributed by atoms with van der Waals surface area (Å²) in [5, 5.41) is 0. The number of nitrogens with zero attached hydrogens (tertiary/aromatic N) is 4. The van der Waals surface area contributed by atoms with Gasteiger partial charge < -0.3 is 10.6 Å². The van der Waals surface area contributed by atoms with Gasteiger partial charge in [0.25, 0.3) is 0 Å². The molecule has 6 heteroatoms. The van der Waals surface area contributed by atoms with Crippen LogP contribution in [0.25, 0.3) is 28.2 Å². The Morgan fingerprint density at radius 1 is 1.00 bits per heavy atom. The van der Waals surface area contributed by atoms with Gasteiger partial charge in [0.05, 0.1) is 23.8 Å². The molecule has 0 atom stereocenters. The Bertz CT molecular complexity index is 1150. The lowest BCUT2D eigenvalue weighted by Crippen LogP contribution is -2.10. The maximum Gasteiger partial charge on any atom is 0.248 e. The number of imidazole rings is 1. The van der Waals surface area contributed by atoms with E-state index in [0.717, 1.165) is 33.8 Å². The molecule has 2 aromatic carbocycles. The second-order valence-corrected chi connectivity index (χ2v) is 6.53. The van der Waals surface area contributed by atoms with Gasteiger partial charge in [0.15, 0.2) is 5.65 Å². The lowest BCUT2D eigenvalue weighted by Gasteiger charge is -2.13. The molecule has 0 aliphatic rings. The fourth-order valence-corrected chi connectivity index (χ4v) is 3.03. The number of carbonyl (C=O) groups is 1. The standard InChI is InChI=1S/C21H19N5O/c1-25(2)17-8-4-6-15(10-17)19-11-24-20-12-23-18(13-26(19)20)14-5-3-7-16(9-14)21(22)27/h3-13H,1-2H3,(H2,22,27). The van der Waals surface area contributed by atoms with Gasteiger partial charge in [-0.15, -0.1) is 0 Å². The molecule has 27 heavy (non-hydrogen) atoms. The third-order valence-corrected chi connectivity index (χ3v) is 4.50. The molecule has 2 heterocycles. The largest absolute Gasteiger partial charge is 0.378 e. The van der Waals surface area contributed by atoms with E-state index < -0.39 is 5.91 Å². The second-order valence-electron chi connectivity index (χ2n) is 6.53. The Morgan fingerprint density at radius 2 is 1.78 bits per heavy atom. The molecule has 0 fully saturated rings. The average Bonchev–Trinajstić information content (AvgIpc) is 3.11. The zero-order valence-electron chi connectivity index (χ0n) is 15.1. The van der Waals surface area contributed by atoms with Crippen molar-refractivity contribution < 1.29 is 4.79 Å². The first-order chi connectivity index (χ1) is 13.0. The van der Waals surface area contributed by atoms with Gasteiger partial charge in [-0.1, -0.05) is 24.3 Å². The SMILES string of the molecule is CN(C)c1cccc(-c2cnc3cnc(-c4cccc(C(N)=O)c4)cn23)c1. The van der Waals surface area contributed by atoms with Crippen LogP contribution in [0.15, 0.2) is 67.1 Å². The van der Waals surface area contributed by atoms with Crippen molar-refractivity contribution in [3.05, 3.63) is 72.7 Å². The summed E-state index contributed by atoms with van der Waals surface area (Å²) in [7, 11) is 4.03. The highest BCUT2D eigenvalue weighted by Crippen LogP contribution is 2.26. The van der Waals surface area contributed by atoms with E-state index >= 15 is 0 Å². The van der Waals surface area contributed by atoms with Crippen LogP contribution in [0.3, 0.4) is 0 Å². The summed E-state index contributed by atoms with van der Waals surface area (Å²) in [6.45, 7) is 0. The minimum absolute atomic E-state index is 0.457.